The number of aromatic nitrogens is 3. The Bertz CT molecular complexity index is 645. The first-order valence-corrected chi connectivity index (χ1v) is 7.68. The van der Waals surface area contributed by atoms with Crippen molar-refractivity contribution in [3.8, 4) is 0 Å². The summed E-state index contributed by atoms with van der Waals surface area (Å²) in [7, 11) is 0. The van der Waals surface area contributed by atoms with Gasteiger partial charge in [0.05, 0.1) is 16.6 Å². The number of anilines is 1. The maximum Gasteiger partial charge on any atom is 0.243 e. The Morgan fingerprint density at radius 1 is 1.50 bits per heavy atom. The molecule has 7 heteroatoms. The topological polar surface area (TPSA) is 77.5 Å². The van der Waals surface area contributed by atoms with Crippen LogP contribution in [0.4, 0.5) is 5.95 Å². The molecule has 0 spiro atoms. The van der Waals surface area contributed by atoms with Crippen molar-refractivity contribution in [1.29, 1.82) is 0 Å². The van der Waals surface area contributed by atoms with Gasteiger partial charge in [-0.1, -0.05) is 0 Å². The predicted molar refractivity (Wildman–Crippen MR) is 78.5 cm³/mol. The van der Waals surface area contributed by atoms with Crippen molar-refractivity contribution in [2.24, 2.45) is 11.7 Å². The Balaban J connectivity index is 1.57. The zero-order valence-corrected chi connectivity index (χ0v) is 12.5. The van der Waals surface area contributed by atoms with E-state index in [1.165, 1.54) is 0 Å². The van der Waals surface area contributed by atoms with E-state index >= 15 is 0 Å². The number of fused-ring (bicyclic) bond motifs is 2. The number of nitrogens with two attached hydrogens (primary N) is 1. The van der Waals surface area contributed by atoms with E-state index in [4.69, 9.17) is 10.5 Å². The SMILES string of the molecule is NC1C2CCCOC2C1Nc1nc2c(Br)cccn2n1. The lowest BCUT2D eigenvalue weighted by Crippen LogP contribution is -2.69. The third-order valence-electron chi connectivity index (χ3n) is 4.29. The van der Waals surface area contributed by atoms with Crippen LogP contribution in [0.2, 0.25) is 0 Å². The molecular formula is C13H16BrN5O. The Morgan fingerprint density at radius 2 is 2.40 bits per heavy atom. The molecule has 4 unspecified atom stereocenters. The maximum atomic E-state index is 6.24. The van der Waals surface area contributed by atoms with Crippen molar-refractivity contribution in [3.63, 3.8) is 0 Å². The smallest absolute Gasteiger partial charge is 0.243 e. The van der Waals surface area contributed by atoms with E-state index in [1.807, 2.05) is 18.3 Å². The number of hydrogen-bond acceptors (Lipinski definition) is 5. The lowest BCUT2D eigenvalue weighted by Gasteiger charge is -2.52. The number of nitrogens with zero attached hydrogens (tertiary/aromatic N) is 3. The number of pyridine rings is 1. The van der Waals surface area contributed by atoms with Crippen LogP contribution >= 0.6 is 15.9 Å². The molecule has 6 nitrogen and oxygen atoms in total. The van der Waals surface area contributed by atoms with Gasteiger partial charge >= 0.3 is 0 Å². The Morgan fingerprint density at radius 3 is 3.25 bits per heavy atom. The minimum absolute atomic E-state index is 0.108. The van der Waals surface area contributed by atoms with Gasteiger partial charge in [0, 0.05) is 24.8 Å². The van der Waals surface area contributed by atoms with Gasteiger partial charge in [-0.05, 0) is 40.9 Å². The summed E-state index contributed by atoms with van der Waals surface area (Å²) < 4.78 is 8.48. The van der Waals surface area contributed by atoms with Crippen molar-refractivity contribution in [2.75, 3.05) is 11.9 Å². The van der Waals surface area contributed by atoms with Crippen LogP contribution in [-0.2, 0) is 4.74 Å². The van der Waals surface area contributed by atoms with Gasteiger partial charge in [-0.15, -0.1) is 5.10 Å². The summed E-state index contributed by atoms with van der Waals surface area (Å²) in [5, 5.41) is 7.75. The van der Waals surface area contributed by atoms with E-state index in [0.29, 0.717) is 11.9 Å². The fraction of sp³-hybridized carbons (Fsp3) is 0.538. The van der Waals surface area contributed by atoms with Crippen molar-refractivity contribution in [1.82, 2.24) is 14.6 Å². The first-order chi connectivity index (χ1) is 9.74. The summed E-state index contributed by atoms with van der Waals surface area (Å²) in [6, 6.07) is 4.10. The van der Waals surface area contributed by atoms with Gasteiger partial charge in [-0.2, -0.15) is 4.98 Å². The number of nitrogens with one attached hydrogen (secondary N) is 1. The average molecular weight is 338 g/mol. The van der Waals surface area contributed by atoms with Crippen LogP contribution < -0.4 is 11.1 Å². The van der Waals surface area contributed by atoms with E-state index in [2.05, 4.69) is 31.3 Å². The molecule has 3 heterocycles. The van der Waals surface area contributed by atoms with Crippen LogP contribution in [0, 0.1) is 5.92 Å². The van der Waals surface area contributed by atoms with Crippen LogP contribution in [-0.4, -0.2) is 39.4 Å². The fourth-order valence-electron chi connectivity index (χ4n) is 3.21. The summed E-state index contributed by atoms with van der Waals surface area (Å²) >= 11 is 3.47. The largest absolute Gasteiger partial charge is 0.376 e. The zero-order chi connectivity index (χ0) is 13.7. The molecule has 106 valence electrons. The summed E-state index contributed by atoms with van der Waals surface area (Å²) in [6.45, 7) is 0.830. The first kappa shape index (κ1) is 12.6. The molecule has 2 aromatic heterocycles. The molecule has 20 heavy (non-hydrogen) atoms. The van der Waals surface area contributed by atoms with Crippen LogP contribution in [0.15, 0.2) is 22.8 Å². The Labute approximate surface area is 124 Å². The molecular weight excluding hydrogens is 322 g/mol. The highest BCUT2D eigenvalue weighted by atomic mass is 79.9. The second-order valence-electron chi connectivity index (χ2n) is 5.45. The van der Waals surface area contributed by atoms with Gasteiger partial charge in [-0.3, -0.25) is 0 Å². The van der Waals surface area contributed by atoms with Crippen LogP contribution in [0.5, 0.6) is 0 Å². The van der Waals surface area contributed by atoms with E-state index < -0.39 is 0 Å². The van der Waals surface area contributed by atoms with Crippen molar-refractivity contribution >= 4 is 27.5 Å². The first-order valence-electron chi connectivity index (χ1n) is 6.88. The van der Waals surface area contributed by atoms with Crippen LogP contribution in [0.25, 0.3) is 5.65 Å². The third kappa shape index (κ3) is 1.84. The number of ether oxygens (including phenoxy) is 1. The molecule has 4 rings (SSSR count). The number of rotatable bonds is 2. The van der Waals surface area contributed by atoms with Crippen molar-refractivity contribution in [3.05, 3.63) is 22.8 Å². The zero-order valence-electron chi connectivity index (χ0n) is 10.9. The molecule has 1 aliphatic heterocycles. The highest BCUT2D eigenvalue weighted by molar-refractivity contribution is 9.10. The third-order valence-corrected chi connectivity index (χ3v) is 4.91. The van der Waals surface area contributed by atoms with Gasteiger partial charge in [0.25, 0.3) is 0 Å². The van der Waals surface area contributed by atoms with E-state index in [1.54, 1.807) is 4.52 Å². The monoisotopic (exact) mass is 337 g/mol. The molecule has 2 fully saturated rings. The van der Waals surface area contributed by atoms with Crippen molar-refractivity contribution in [2.45, 2.75) is 31.0 Å². The molecule has 1 aliphatic carbocycles. The fourth-order valence-corrected chi connectivity index (χ4v) is 3.63. The van der Waals surface area contributed by atoms with Gasteiger partial charge in [0.2, 0.25) is 5.95 Å². The molecule has 0 radical (unpaired) electrons. The highest BCUT2D eigenvalue weighted by Crippen LogP contribution is 2.38. The van der Waals surface area contributed by atoms with E-state index in [9.17, 15) is 0 Å². The van der Waals surface area contributed by atoms with Crippen LogP contribution in [0.3, 0.4) is 0 Å². The predicted octanol–water partition coefficient (Wildman–Crippen LogP) is 1.41. The molecule has 2 aliphatic rings. The van der Waals surface area contributed by atoms with Gasteiger partial charge in [-0.25, -0.2) is 4.52 Å². The number of halogens is 1. The normalized spacial score (nSPS) is 32.7. The average Bonchev–Trinajstić information content (AvgIpc) is 2.89. The molecule has 0 bridgehead atoms. The van der Waals surface area contributed by atoms with Crippen LogP contribution in [0.1, 0.15) is 12.8 Å². The molecule has 0 amide bonds. The molecule has 0 aromatic carbocycles. The van der Waals surface area contributed by atoms with E-state index in [-0.39, 0.29) is 18.2 Å². The van der Waals surface area contributed by atoms with Gasteiger partial charge < -0.3 is 15.8 Å². The second-order valence-corrected chi connectivity index (χ2v) is 6.30. The summed E-state index contributed by atoms with van der Waals surface area (Å²) in [5.74, 6) is 1.08. The Hall–Kier alpha value is -1.18. The second kappa shape index (κ2) is 4.68. The maximum absolute atomic E-state index is 6.24. The highest BCUT2D eigenvalue weighted by Gasteiger charge is 2.50. The summed E-state index contributed by atoms with van der Waals surface area (Å²) in [6.07, 6.45) is 4.35. The molecule has 1 saturated carbocycles. The minimum atomic E-state index is 0.108. The molecule has 2 aromatic rings. The summed E-state index contributed by atoms with van der Waals surface area (Å²) in [4.78, 5) is 4.49. The standard InChI is InChI=1S/C13H16BrN5O/c14-8-4-1-5-19-12(8)17-13(18-19)16-10-9(15)7-3-2-6-20-11(7)10/h1,4-5,7,9-11H,2-3,6,15H2,(H,16,18). The minimum Gasteiger partial charge on any atom is -0.376 e. The van der Waals surface area contributed by atoms with Gasteiger partial charge in [0.15, 0.2) is 5.65 Å². The van der Waals surface area contributed by atoms with Gasteiger partial charge in [0.1, 0.15) is 0 Å². The summed E-state index contributed by atoms with van der Waals surface area (Å²) in [5.41, 5.74) is 7.03. The lowest BCUT2D eigenvalue weighted by atomic mass is 9.69. The van der Waals surface area contributed by atoms with E-state index in [0.717, 1.165) is 29.6 Å². The van der Waals surface area contributed by atoms with Crippen molar-refractivity contribution < 1.29 is 4.74 Å². The number of hydrogen-bond donors (Lipinski definition) is 2. The Kier molecular flexibility index (Phi) is 2.94. The lowest BCUT2D eigenvalue weighted by molar-refractivity contribution is -0.104. The quantitative estimate of drug-likeness (QED) is 0.866. The molecule has 4 atom stereocenters. The molecule has 3 N–H and O–H groups in total. The molecule has 1 saturated heterocycles.